The van der Waals surface area contributed by atoms with Crippen molar-refractivity contribution in [2.75, 3.05) is 33.4 Å². The van der Waals surface area contributed by atoms with Gasteiger partial charge in [0.15, 0.2) is 0 Å². The fourth-order valence-corrected chi connectivity index (χ4v) is 5.91. The summed E-state index contributed by atoms with van der Waals surface area (Å²) < 4.78 is 28.6. The Morgan fingerprint density at radius 3 is 1.90 bits per heavy atom. The first kappa shape index (κ1) is 38.8. The molecule has 2 N–H and O–H groups in total. The van der Waals surface area contributed by atoms with Crippen LogP contribution in [0.3, 0.4) is 0 Å². The van der Waals surface area contributed by atoms with E-state index in [9.17, 15) is 14.3 Å². The Morgan fingerprint density at radius 2 is 1.36 bits per heavy atom. The van der Waals surface area contributed by atoms with Crippen LogP contribution in [-0.4, -0.2) is 44.1 Å². The quantitative estimate of drug-likeness (QED) is 0.0661. The summed E-state index contributed by atoms with van der Waals surface area (Å²) in [5, 5.41) is 2.86. The molecule has 7 nitrogen and oxygen atoms in total. The summed E-state index contributed by atoms with van der Waals surface area (Å²) in [7, 11) is -2.44. The molecule has 244 valence electrons. The van der Waals surface area contributed by atoms with Crippen molar-refractivity contribution in [3.8, 4) is 5.75 Å². The third-order valence-corrected chi connectivity index (χ3v) is 8.71. The highest BCUT2D eigenvalue weighted by molar-refractivity contribution is 7.47. The molecule has 0 aliphatic rings. The molecule has 0 aliphatic carbocycles. The Morgan fingerprint density at radius 1 is 0.810 bits per heavy atom. The summed E-state index contributed by atoms with van der Waals surface area (Å²) in [6, 6.07) is 7.86. The lowest BCUT2D eigenvalue weighted by Gasteiger charge is -2.20. The van der Waals surface area contributed by atoms with Crippen LogP contribution < -0.4 is 10.1 Å². The summed E-state index contributed by atoms with van der Waals surface area (Å²) in [6.45, 7) is 5.24. The number of phosphoric acid groups is 1. The number of ether oxygens (including phenoxy) is 1. The van der Waals surface area contributed by atoms with E-state index in [1.807, 2.05) is 31.2 Å². The molecule has 0 spiro atoms. The Labute approximate surface area is 257 Å². The van der Waals surface area contributed by atoms with Gasteiger partial charge in [-0.2, -0.15) is 0 Å². The van der Waals surface area contributed by atoms with E-state index in [0.717, 1.165) is 17.7 Å². The summed E-state index contributed by atoms with van der Waals surface area (Å²) in [6.07, 6.45) is 22.7. The first-order valence-corrected chi connectivity index (χ1v) is 18.4. The van der Waals surface area contributed by atoms with Gasteiger partial charge < -0.3 is 14.9 Å². The van der Waals surface area contributed by atoms with Crippen LogP contribution in [0.1, 0.15) is 135 Å². The number of Topliss-reactive ketones (excluding diaryl/α,β-unsaturated/α-hetero) is 1. The van der Waals surface area contributed by atoms with Gasteiger partial charge in [0.25, 0.3) is 0 Å². The van der Waals surface area contributed by atoms with Gasteiger partial charge in [0.1, 0.15) is 11.5 Å². The van der Waals surface area contributed by atoms with Crippen molar-refractivity contribution in [2.24, 2.45) is 5.92 Å². The zero-order valence-electron chi connectivity index (χ0n) is 27.1. The van der Waals surface area contributed by atoms with Crippen LogP contribution in [-0.2, 0) is 24.8 Å². The fraction of sp³-hybridized carbons (Fsp3) is 0.794. The Hall–Kier alpha value is -1.24. The van der Waals surface area contributed by atoms with Crippen molar-refractivity contribution in [1.82, 2.24) is 5.32 Å². The van der Waals surface area contributed by atoms with E-state index in [0.29, 0.717) is 26.0 Å². The van der Waals surface area contributed by atoms with E-state index in [1.54, 1.807) is 7.05 Å². The highest BCUT2D eigenvalue weighted by Crippen LogP contribution is 2.43. The third-order valence-electron chi connectivity index (χ3n) is 7.73. The molecule has 0 heterocycles. The first-order valence-electron chi connectivity index (χ1n) is 16.9. The van der Waals surface area contributed by atoms with Crippen LogP contribution in [0, 0.1) is 5.92 Å². The lowest BCUT2D eigenvalue weighted by molar-refractivity contribution is -0.120. The number of nitrogens with one attached hydrogen (secondary N) is 1. The minimum atomic E-state index is -4.18. The molecule has 1 aromatic rings. The molecule has 1 aromatic carbocycles. The fourth-order valence-electron chi connectivity index (χ4n) is 5.11. The number of rotatable bonds is 30. The van der Waals surface area contributed by atoms with Crippen LogP contribution in [0.25, 0.3) is 0 Å². The summed E-state index contributed by atoms with van der Waals surface area (Å²) in [4.78, 5) is 22.2. The SMILES string of the molecule is CCCCCCCCCCCCCCCCCCOc1ccccc1CC(COP(=O)(O)OCCNC)CC(=O)CC. The van der Waals surface area contributed by atoms with Gasteiger partial charge in [-0.25, -0.2) is 4.57 Å². The zero-order valence-corrected chi connectivity index (χ0v) is 28.0. The van der Waals surface area contributed by atoms with Gasteiger partial charge in [-0.3, -0.25) is 13.8 Å². The van der Waals surface area contributed by atoms with Crippen LogP contribution >= 0.6 is 7.82 Å². The van der Waals surface area contributed by atoms with E-state index < -0.39 is 7.82 Å². The number of hydrogen-bond acceptors (Lipinski definition) is 6. The molecule has 42 heavy (non-hydrogen) atoms. The van der Waals surface area contributed by atoms with Gasteiger partial charge in [-0.1, -0.05) is 128 Å². The van der Waals surface area contributed by atoms with Gasteiger partial charge in [-0.05, 0) is 37.4 Å². The number of phosphoric ester groups is 1. The van der Waals surface area contributed by atoms with Crippen molar-refractivity contribution in [1.29, 1.82) is 0 Å². The maximum absolute atomic E-state index is 12.2. The number of benzene rings is 1. The minimum absolute atomic E-state index is 0.0352. The Balaban J connectivity index is 2.28. The predicted molar refractivity (Wildman–Crippen MR) is 174 cm³/mol. The smallest absolute Gasteiger partial charge is 0.472 e. The summed E-state index contributed by atoms with van der Waals surface area (Å²) in [5.74, 6) is 0.662. The number of carbonyl (C=O) groups is 1. The van der Waals surface area contributed by atoms with Crippen LogP contribution in [0.5, 0.6) is 5.75 Å². The van der Waals surface area contributed by atoms with E-state index in [1.165, 1.54) is 96.3 Å². The molecule has 0 aliphatic heterocycles. The molecule has 2 unspecified atom stereocenters. The van der Waals surface area contributed by atoms with Crippen molar-refractivity contribution < 1.29 is 28.0 Å². The normalized spacial score (nSPS) is 13.6. The summed E-state index contributed by atoms with van der Waals surface area (Å²) in [5.41, 5.74) is 0.982. The first-order chi connectivity index (χ1) is 20.4. The minimum Gasteiger partial charge on any atom is -0.493 e. The van der Waals surface area contributed by atoms with E-state index in [4.69, 9.17) is 13.8 Å². The molecular weight excluding hydrogens is 549 g/mol. The van der Waals surface area contributed by atoms with Crippen molar-refractivity contribution in [2.45, 2.75) is 136 Å². The summed E-state index contributed by atoms with van der Waals surface area (Å²) >= 11 is 0. The molecule has 0 amide bonds. The number of likely N-dealkylation sites (N-methyl/N-ethyl adjacent to an activating group) is 1. The molecule has 1 rings (SSSR count). The number of hydrogen-bond donors (Lipinski definition) is 2. The average molecular weight is 612 g/mol. The Bertz CT molecular complexity index is 836. The highest BCUT2D eigenvalue weighted by Gasteiger charge is 2.25. The average Bonchev–Trinajstić information content (AvgIpc) is 2.98. The zero-order chi connectivity index (χ0) is 30.7. The van der Waals surface area contributed by atoms with Crippen LogP contribution in [0.2, 0.25) is 0 Å². The largest absolute Gasteiger partial charge is 0.493 e. The molecule has 2 atom stereocenters. The molecule has 8 heteroatoms. The van der Waals surface area contributed by atoms with Gasteiger partial charge in [0, 0.05) is 19.4 Å². The third kappa shape index (κ3) is 21.4. The maximum atomic E-state index is 12.2. The van der Waals surface area contributed by atoms with Crippen LogP contribution in [0.4, 0.5) is 0 Å². The molecular formula is C34H62NO6P. The van der Waals surface area contributed by atoms with Crippen molar-refractivity contribution in [3.63, 3.8) is 0 Å². The molecule has 0 aromatic heterocycles. The topological polar surface area (TPSA) is 94.1 Å². The number of ketones is 1. The highest BCUT2D eigenvalue weighted by atomic mass is 31.2. The van der Waals surface area contributed by atoms with Crippen molar-refractivity contribution >= 4 is 13.6 Å². The van der Waals surface area contributed by atoms with Crippen molar-refractivity contribution in [3.05, 3.63) is 29.8 Å². The number of para-hydroxylation sites is 1. The maximum Gasteiger partial charge on any atom is 0.472 e. The van der Waals surface area contributed by atoms with Gasteiger partial charge in [-0.15, -0.1) is 0 Å². The molecule has 0 saturated heterocycles. The monoisotopic (exact) mass is 611 g/mol. The standard InChI is InChI=1S/C34H62NO6P/c1-4-6-7-8-9-10-11-12-13-14-15-16-17-18-19-22-26-39-34-24-21-20-23-32(34)28-31(29-33(36)5-2)30-41-42(37,38)40-27-25-35-3/h20-21,23-24,31,35H,4-19,22,25-30H2,1-3H3,(H,37,38). The number of carbonyl (C=O) groups excluding carboxylic acids is 1. The second-order valence-corrected chi connectivity index (χ2v) is 13.1. The predicted octanol–water partition coefficient (Wildman–Crippen LogP) is 9.21. The van der Waals surface area contributed by atoms with E-state index in [-0.39, 0.29) is 31.3 Å². The molecule has 0 fully saturated rings. The van der Waals surface area contributed by atoms with Crippen LogP contribution in [0.15, 0.2) is 24.3 Å². The van der Waals surface area contributed by atoms with Gasteiger partial charge in [0.2, 0.25) is 0 Å². The number of unbranched alkanes of at least 4 members (excludes halogenated alkanes) is 15. The second kappa shape index (κ2) is 26.2. The van der Waals surface area contributed by atoms with E-state index in [2.05, 4.69) is 12.2 Å². The molecule has 0 bridgehead atoms. The van der Waals surface area contributed by atoms with Gasteiger partial charge >= 0.3 is 7.82 Å². The van der Waals surface area contributed by atoms with E-state index >= 15 is 0 Å². The van der Waals surface area contributed by atoms with Gasteiger partial charge in [0.05, 0.1) is 19.8 Å². The lowest BCUT2D eigenvalue weighted by Crippen LogP contribution is -2.18. The second-order valence-electron chi connectivity index (χ2n) is 11.6. The molecule has 0 saturated carbocycles. The lowest BCUT2D eigenvalue weighted by atomic mass is 9.94. The molecule has 0 radical (unpaired) electrons. The Kier molecular flexibility index (Phi) is 24.2.